The Balaban J connectivity index is 2.43. The lowest BCUT2D eigenvalue weighted by Gasteiger charge is -2.13. The number of esters is 1. The molecule has 0 fully saturated rings. The summed E-state index contributed by atoms with van der Waals surface area (Å²) < 4.78 is 6.79. The first kappa shape index (κ1) is 11.6. The van der Waals surface area contributed by atoms with Crippen molar-refractivity contribution >= 4 is 28.5 Å². The number of nitrogens with zero attached hydrogens (tertiary/aromatic N) is 1. The predicted octanol–water partition coefficient (Wildman–Crippen LogP) is 3.11. The summed E-state index contributed by atoms with van der Waals surface area (Å²) in [4.78, 5) is 11.9. The zero-order valence-corrected chi connectivity index (χ0v) is 11.2. The summed E-state index contributed by atoms with van der Waals surface area (Å²) in [7, 11) is 3.31. The number of hydrogen-bond acceptors (Lipinski definition) is 2. The summed E-state index contributed by atoms with van der Waals surface area (Å²) in [6.45, 7) is 0. The van der Waals surface area contributed by atoms with Crippen molar-refractivity contribution in [1.29, 1.82) is 0 Å². The fourth-order valence-corrected chi connectivity index (χ4v) is 3.19. The van der Waals surface area contributed by atoms with Crippen LogP contribution in [-0.2, 0) is 24.6 Å². The van der Waals surface area contributed by atoms with Gasteiger partial charge in [0.1, 0.15) is 5.69 Å². The van der Waals surface area contributed by atoms with E-state index in [2.05, 4.69) is 0 Å². The minimum Gasteiger partial charge on any atom is -0.464 e. The molecule has 1 aliphatic carbocycles. The second kappa shape index (κ2) is 4.02. The Morgan fingerprint density at radius 2 is 2.17 bits per heavy atom. The highest BCUT2D eigenvalue weighted by atomic mass is 35.5. The maximum atomic E-state index is 11.9. The van der Waals surface area contributed by atoms with Crippen LogP contribution in [0, 0.1) is 0 Å². The first-order valence-corrected chi connectivity index (χ1v) is 6.39. The van der Waals surface area contributed by atoms with Gasteiger partial charge in [-0.25, -0.2) is 4.79 Å². The van der Waals surface area contributed by atoms with Gasteiger partial charge in [-0.15, -0.1) is 0 Å². The maximum absolute atomic E-state index is 11.9. The summed E-state index contributed by atoms with van der Waals surface area (Å²) in [5.74, 6) is -0.271. The standard InChI is InChI=1S/C14H14ClNO2/c1-16-11-7-9(15)6-8-4-3-5-10(12(8)11)13(16)14(17)18-2/h6-7H,3-5H2,1-2H3. The number of halogens is 1. The molecule has 1 aliphatic rings. The Labute approximate surface area is 110 Å². The van der Waals surface area contributed by atoms with Gasteiger partial charge < -0.3 is 9.30 Å². The van der Waals surface area contributed by atoms with Crippen molar-refractivity contribution in [2.75, 3.05) is 7.11 Å². The summed E-state index contributed by atoms with van der Waals surface area (Å²) in [5, 5.41) is 1.91. The SMILES string of the molecule is COC(=O)c1c2c3c(cc(Cl)cc3n1C)CCC2. The third kappa shape index (κ3) is 1.47. The lowest BCUT2D eigenvalue weighted by molar-refractivity contribution is 0.0589. The summed E-state index contributed by atoms with van der Waals surface area (Å²) in [5.41, 5.74) is 4.03. The van der Waals surface area contributed by atoms with Crippen molar-refractivity contribution in [3.8, 4) is 0 Å². The highest BCUT2D eigenvalue weighted by molar-refractivity contribution is 6.31. The Hall–Kier alpha value is -1.48. The van der Waals surface area contributed by atoms with E-state index < -0.39 is 0 Å². The van der Waals surface area contributed by atoms with Crippen LogP contribution in [-0.4, -0.2) is 17.6 Å². The third-order valence-electron chi connectivity index (χ3n) is 3.70. The van der Waals surface area contributed by atoms with Crippen LogP contribution < -0.4 is 0 Å². The Morgan fingerprint density at radius 3 is 2.89 bits per heavy atom. The smallest absolute Gasteiger partial charge is 0.354 e. The van der Waals surface area contributed by atoms with Gasteiger partial charge in [0.25, 0.3) is 0 Å². The second-order valence-electron chi connectivity index (χ2n) is 4.69. The van der Waals surface area contributed by atoms with Gasteiger partial charge in [0, 0.05) is 17.5 Å². The van der Waals surface area contributed by atoms with Crippen molar-refractivity contribution in [2.24, 2.45) is 7.05 Å². The van der Waals surface area contributed by atoms with E-state index in [1.165, 1.54) is 18.1 Å². The number of aryl methyl sites for hydroxylation is 3. The molecule has 18 heavy (non-hydrogen) atoms. The normalized spacial score (nSPS) is 13.9. The van der Waals surface area contributed by atoms with E-state index in [0.29, 0.717) is 5.69 Å². The summed E-state index contributed by atoms with van der Waals surface area (Å²) in [6, 6.07) is 3.93. The molecule has 94 valence electrons. The summed E-state index contributed by atoms with van der Waals surface area (Å²) >= 11 is 6.14. The summed E-state index contributed by atoms with van der Waals surface area (Å²) in [6.07, 6.45) is 3.00. The highest BCUT2D eigenvalue weighted by Gasteiger charge is 2.25. The Kier molecular flexibility index (Phi) is 2.59. The topological polar surface area (TPSA) is 31.2 Å². The van der Waals surface area contributed by atoms with Crippen LogP contribution in [0.1, 0.15) is 28.0 Å². The molecule has 4 heteroatoms. The Bertz CT molecular complexity index is 658. The van der Waals surface area contributed by atoms with Crippen LogP contribution in [0.2, 0.25) is 5.02 Å². The Morgan fingerprint density at radius 1 is 1.39 bits per heavy atom. The molecule has 0 saturated carbocycles. The van der Waals surface area contributed by atoms with Crippen LogP contribution in [0.25, 0.3) is 10.9 Å². The van der Waals surface area contributed by atoms with E-state index in [1.54, 1.807) is 0 Å². The molecule has 1 aromatic heterocycles. The fraction of sp³-hybridized carbons (Fsp3) is 0.357. The van der Waals surface area contributed by atoms with E-state index in [4.69, 9.17) is 16.3 Å². The average molecular weight is 264 g/mol. The van der Waals surface area contributed by atoms with E-state index in [1.807, 2.05) is 23.7 Å². The van der Waals surface area contributed by atoms with Crippen molar-refractivity contribution < 1.29 is 9.53 Å². The molecule has 1 heterocycles. The van der Waals surface area contributed by atoms with Crippen molar-refractivity contribution in [3.63, 3.8) is 0 Å². The van der Waals surface area contributed by atoms with E-state index >= 15 is 0 Å². The van der Waals surface area contributed by atoms with Gasteiger partial charge in [-0.1, -0.05) is 11.6 Å². The van der Waals surface area contributed by atoms with Gasteiger partial charge in [0.15, 0.2) is 0 Å². The molecule has 3 nitrogen and oxygen atoms in total. The molecule has 0 bridgehead atoms. The number of ether oxygens (including phenoxy) is 1. The van der Waals surface area contributed by atoms with Crippen LogP contribution in [0.5, 0.6) is 0 Å². The molecule has 0 atom stereocenters. The molecule has 0 unspecified atom stereocenters. The quantitative estimate of drug-likeness (QED) is 0.741. The van der Waals surface area contributed by atoms with Crippen molar-refractivity contribution in [2.45, 2.75) is 19.3 Å². The first-order valence-electron chi connectivity index (χ1n) is 6.01. The number of carbonyl (C=O) groups excluding carboxylic acids is 1. The largest absolute Gasteiger partial charge is 0.464 e. The molecule has 0 radical (unpaired) electrons. The minimum absolute atomic E-state index is 0.271. The van der Waals surface area contributed by atoms with Crippen molar-refractivity contribution in [1.82, 2.24) is 4.57 Å². The third-order valence-corrected chi connectivity index (χ3v) is 3.92. The number of hydrogen-bond donors (Lipinski definition) is 0. The molecular weight excluding hydrogens is 250 g/mol. The van der Waals surface area contributed by atoms with Crippen LogP contribution in [0.15, 0.2) is 12.1 Å². The molecule has 0 amide bonds. The highest BCUT2D eigenvalue weighted by Crippen LogP contribution is 2.36. The zero-order chi connectivity index (χ0) is 12.9. The van der Waals surface area contributed by atoms with Crippen LogP contribution in [0.4, 0.5) is 0 Å². The molecular formula is C14H14ClNO2. The van der Waals surface area contributed by atoms with E-state index in [9.17, 15) is 4.79 Å². The number of aromatic nitrogens is 1. The average Bonchev–Trinajstić information content (AvgIpc) is 2.63. The molecule has 0 spiro atoms. The monoisotopic (exact) mass is 263 g/mol. The number of carbonyl (C=O) groups is 1. The number of rotatable bonds is 1. The van der Waals surface area contributed by atoms with E-state index in [-0.39, 0.29) is 5.97 Å². The van der Waals surface area contributed by atoms with Crippen LogP contribution in [0.3, 0.4) is 0 Å². The second-order valence-corrected chi connectivity index (χ2v) is 5.13. The van der Waals surface area contributed by atoms with Gasteiger partial charge in [-0.3, -0.25) is 0 Å². The number of benzene rings is 1. The fourth-order valence-electron chi connectivity index (χ4n) is 2.95. The van der Waals surface area contributed by atoms with E-state index in [0.717, 1.165) is 35.4 Å². The molecule has 0 saturated heterocycles. The lowest BCUT2D eigenvalue weighted by Crippen LogP contribution is -2.11. The number of methoxy groups -OCH3 is 1. The van der Waals surface area contributed by atoms with Gasteiger partial charge in [-0.2, -0.15) is 0 Å². The van der Waals surface area contributed by atoms with Gasteiger partial charge in [-0.05, 0) is 42.5 Å². The molecule has 2 aromatic rings. The molecule has 3 rings (SSSR count). The molecule has 0 aliphatic heterocycles. The maximum Gasteiger partial charge on any atom is 0.354 e. The minimum atomic E-state index is -0.271. The van der Waals surface area contributed by atoms with Gasteiger partial charge >= 0.3 is 5.97 Å². The molecule has 0 N–H and O–H groups in total. The van der Waals surface area contributed by atoms with Crippen LogP contribution >= 0.6 is 11.6 Å². The molecule has 1 aromatic carbocycles. The zero-order valence-electron chi connectivity index (χ0n) is 10.4. The van der Waals surface area contributed by atoms with Crippen molar-refractivity contribution in [3.05, 3.63) is 34.0 Å². The van der Waals surface area contributed by atoms with Gasteiger partial charge in [0.2, 0.25) is 0 Å². The lowest BCUT2D eigenvalue weighted by atomic mass is 9.91. The first-order chi connectivity index (χ1) is 8.63. The van der Waals surface area contributed by atoms with Gasteiger partial charge in [0.05, 0.1) is 12.6 Å². The predicted molar refractivity (Wildman–Crippen MR) is 71.3 cm³/mol.